The van der Waals surface area contributed by atoms with Gasteiger partial charge in [-0.3, -0.25) is 4.79 Å². The highest BCUT2D eigenvalue weighted by Crippen LogP contribution is 2.21. The summed E-state index contributed by atoms with van der Waals surface area (Å²) in [6.07, 6.45) is 1.55. The number of anilines is 2. The maximum atomic E-state index is 12.1. The van der Waals surface area contributed by atoms with Crippen LogP contribution in [0.5, 0.6) is 0 Å². The summed E-state index contributed by atoms with van der Waals surface area (Å²) >= 11 is 1.41. The van der Waals surface area contributed by atoms with E-state index in [1.54, 1.807) is 6.33 Å². The van der Waals surface area contributed by atoms with E-state index in [0.717, 1.165) is 35.2 Å². The van der Waals surface area contributed by atoms with Gasteiger partial charge in [-0.05, 0) is 18.6 Å². The van der Waals surface area contributed by atoms with Crippen LogP contribution in [-0.2, 0) is 9.53 Å². The molecule has 126 valence electrons. The molecule has 0 unspecified atom stereocenters. The monoisotopic (exact) mass is 344 g/mol. The number of nitrogens with one attached hydrogen (secondary N) is 1. The van der Waals surface area contributed by atoms with Crippen molar-refractivity contribution in [1.29, 1.82) is 0 Å². The van der Waals surface area contributed by atoms with Crippen molar-refractivity contribution in [2.75, 3.05) is 42.3 Å². The van der Waals surface area contributed by atoms with Crippen LogP contribution < -0.4 is 10.2 Å². The Bertz CT molecular complexity index is 704. The summed E-state index contributed by atoms with van der Waals surface area (Å²) < 4.78 is 5.35. The maximum absolute atomic E-state index is 12.1. The van der Waals surface area contributed by atoms with E-state index in [-0.39, 0.29) is 5.91 Å². The molecule has 1 aliphatic heterocycles. The molecule has 0 bridgehead atoms. The average molecular weight is 344 g/mol. The Labute approximate surface area is 145 Å². The Morgan fingerprint density at radius 2 is 2.08 bits per heavy atom. The van der Waals surface area contributed by atoms with Gasteiger partial charge in [0, 0.05) is 24.8 Å². The van der Waals surface area contributed by atoms with E-state index in [2.05, 4.69) is 20.2 Å². The number of hydrogen-bond donors (Lipinski definition) is 1. The summed E-state index contributed by atoms with van der Waals surface area (Å²) in [5.41, 5.74) is 1.90. The van der Waals surface area contributed by atoms with Crippen LogP contribution in [0.15, 0.2) is 41.7 Å². The summed E-state index contributed by atoms with van der Waals surface area (Å²) in [7, 11) is 0. The van der Waals surface area contributed by atoms with Crippen molar-refractivity contribution in [3.8, 4) is 0 Å². The van der Waals surface area contributed by atoms with Crippen LogP contribution in [0.1, 0.15) is 5.56 Å². The molecule has 2 aromatic rings. The number of aryl methyl sites for hydroxylation is 1. The number of para-hydroxylation sites is 1. The summed E-state index contributed by atoms with van der Waals surface area (Å²) in [5, 5.41) is 3.73. The third-order valence-electron chi connectivity index (χ3n) is 3.73. The van der Waals surface area contributed by atoms with Gasteiger partial charge < -0.3 is 15.0 Å². The number of carbonyl (C=O) groups is 1. The number of amides is 1. The van der Waals surface area contributed by atoms with E-state index >= 15 is 0 Å². The van der Waals surface area contributed by atoms with E-state index in [4.69, 9.17) is 4.74 Å². The quantitative estimate of drug-likeness (QED) is 0.663. The van der Waals surface area contributed by atoms with Crippen molar-refractivity contribution in [3.05, 3.63) is 42.2 Å². The van der Waals surface area contributed by atoms with Crippen LogP contribution in [-0.4, -0.2) is 47.9 Å². The first-order valence-corrected chi connectivity index (χ1v) is 8.84. The number of rotatable bonds is 5. The van der Waals surface area contributed by atoms with Gasteiger partial charge in [-0.2, -0.15) is 0 Å². The first-order chi connectivity index (χ1) is 11.7. The van der Waals surface area contributed by atoms with Crippen molar-refractivity contribution in [1.82, 2.24) is 9.97 Å². The highest BCUT2D eigenvalue weighted by molar-refractivity contribution is 7.99. The first-order valence-electron chi connectivity index (χ1n) is 7.85. The topological polar surface area (TPSA) is 67.4 Å². The minimum absolute atomic E-state index is 0.0409. The van der Waals surface area contributed by atoms with Crippen LogP contribution in [0.3, 0.4) is 0 Å². The molecule has 24 heavy (non-hydrogen) atoms. The van der Waals surface area contributed by atoms with E-state index in [1.165, 1.54) is 11.8 Å². The minimum Gasteiger partial charge on any atom is -0.378 e. The number of nitrogens with zero attached hydrogens (tertiary/aromatic N) is 3. The minimum atomic E-state index is -0.0409. The van der Waals surface area contributed by atoms with Crippen molar-refractivity contribution in [2.24, 2.45) is 0 Å². The van der Waals surface area contributed by atoms with E-state index in [0.29, 0.717) is 19.0 Å². The van der Waals surface area contributed by atoms with Gasteiger partial charge in [0.25, 0.3) is 0 Å². The predicted molar refractivity (Wildman–Crippen MR) is 95.6 cm³/mol. The van der Waals surface area contributed by atoms with Gasteiger partial charge in [-0.1, -0.05) is 30.0 Å². The molecule has 1 N–H and O–H groups in total. The number of ether oxygens (including phenoxy) is 1. The van der Waals surface area contributed by atoms with Gasteiger partial charge in [0.15, 0.2) is 0 Å². The van der Waals surface area contributed by atoms with Gasteiger partial charge >= 0.3 is 0 Å². The van der Waals surface area contributed by atoms with Crippen molar-refractivity contribution in [3.63, 3.8) is 0 Å². The molecule has 1 aliphatic rings. The molecule has 1 fully saturated rings. The Morgan fingerprint density at radius 1 is 1.29 bits per heavy atom. The average Bonchev–Trinajstić information content (AvgIpc) is 2.63. The largest absolute Gasteiger partial charge is 0.378 e. The molecule has 3 rings (SSSR count). The lowest BCUT2D eigenvalue weighted by Crippen LogP contribution is -2.36. The molecular formula is C17H20N4O2S. The summed E-state index contributed by atoms with van der Waals surface area (Å²) in [4.78, 5) is 22.9. The molecule has 0 spiro atoms. The van der Waals surface area contributed by atoms with Gasteiger partial charge in [-0.15, -0.1) is 0 Å². The fraction of sp³-hybridized carbons (Fsp3) is 0.353. The second kappa shape index (κ2) is 8.12. The highest BCUT2D eigenvalue weighted by Gasteiger charge is 2.13. The molecule has 1 amide bonds. The van der Waals surface area contributed by atoms with Crippen LogP contribution in [0.25, 0.3) is 0 Å². The van der Waals surface area contributed by atoms with Crippen LogP contribution in [0, 0.1) is 6.92 Å². The smallest absolute Gasteiger partial charge is 0.234 e. The van der Waals surface area contributed by atoms with Gasteiger partial charge in [0.1, 0.15) is 17.2 Å². The summed E-state index contributed by atoms with van der Waals surface area (Å²) in [6, 6.07) is 9.67. The van der Waals surface area contributed by atoms with E-state index < -0.39 is 0 Å². The SMILES string of the molecule is Cc1ccccc1NC(=O)CSc1cc(N2CCOCC2)ncn1. The van der Waals surface area contributed by atoms with Crippen LogP contribution >= 0.6 is 11.8 Å². The maximum Gasteiger partial charge on any atom is 0.234 e. The number of morpholine rings is 1. The molecule has 1 aromatic carbocycles. The third-order valence-corrected chi connectivity index (χ3v) is 4.66. The Balaban J connectivity index is 1.56. The third kappa shape index (κ3) is 4.46. The fourth-order valence-electron chi connectivity index (χ4n) is 2.41. The predicted octanol–water partition coefficient (Wildman–Crippen LogP) is 2.35. The summed E-state index contributed by atoms with van der Waals surface area (Å²) in [5.74, 6) is 1.16. The lowest BCUT2D eigenvalue weighted by Gasteiger charge is -2.27. The lowest BCUT2D eigenvalue weighted by molar-refractivity contribution is -0.113. The molecular weight excluding hydrogens is 324 g/mol. The Kier molecular flexibility index (Phi) is 5.66. The molecule has 1 saturated heterocycles. The number of thioether (sulfide) groups is 1. The number of aromatic nitrogens is 2. The molecule has 7 heteroatoms. The number of benzene rings is 1. The lowest BCUT2D eigenvalue weighted by atomic mass is 10.2. The first kappa shape index (κ1) is 16.7. The van der Waals surface area contributed by atoms with E-state index in [1.807, 2.05) is 37.3 Å². The zero-order chi connectivity index (χ0) is 16.8. The molecule has 6 nitrogen and oxygen atoms in total. The summed E-state index contributed by atoms with van der Waals surface area (Å²) in [6.45, 7) is 5.06. The standard InChI is InChI=1S/C17H20N4O2S/c1-13-4-2-3-5-14(13)20-16(22)11-24-17-10-15(18-12-19-17)21-6-8-23-9-7-21/h2-5,10,12H,6-9,11H2,1H3,(H,20,22). The number of carbonyl (C=O) groups excluding carboxylic acids is 1. The van der Waals surface area contributed by atoms with Gasteiger partial charge in [0.05, 0.1) is 19.0 Å². The molecule has 0 atom stereocenters. The normalized spacial score (nSPS) is 14.5. The zero-order valence-corrected chi connectivity index (χ0v) is 14.4. The van der Waals surface area contributed by atoms with Crippen molar-refractivity contribution < 1.29 is 9.53 Å². The molecule has 0 radical (unpaired) electrons. The second-order valence-electron chi connectivity index (χ2n) is 5.47. The second-order valence-corrected chi connectivity index (χ2v) is 6.46. The molecule has 1 aromatic heterocycles. The molecule has 2 heterocycles. The number of hydrogen-bond acceptors (Lipinski definition) is 6. The van der Waals surface area contributed by atoms with Crippen molar-refractivity contribution in [2.45, 2.75) is 11.9 Å². The van der Waals surface area contributed by atoms with Gasteiger partial charge in [0.2, 0.25) is 5.91 Å². The van der Waals surface area contributed by atoms with Crippen LogP contribution in [0.4, 0.5) is 11.5 Å². The Hall–Kier alpha value is -2.12. The Morgan fingerprint density at radius 3 is 2.88 bits per heavy atom. The highest BCUT2D eigenvalue weighted by atomic mass is 32.2. The fourth-order valence-corrected chi connectivity index (χ4v) is 3.07. The molecule has 0 aliphatic carbocycles. The zero-order valence-electron chi connectivity index (χ0n) is 13.6. The van der Waals surface area contributed by atoms with Crippen LogP contribution in [0.2, 0.25) is 0 Å². The molecule has 0 saturated carbocycles. The van der Waals surface area contributed by atoms with E-state index in [9.17, 15) is 4.79 Å². The van der Waals surface area contributed by atoms with Gasteiger partial charge in [-0.25, -0.2) is 9.97 Å². The van der Waals surface area contributed by atoms with Crippen molar-refractivity contribution >= 4 is 29.2 Å².